The van der Waals surface area contributed by atoms with Crippen LogP contribution in [0.15, 0.2) is 14.3 Å². The largest absolute Gasteiger partial charge is 0.469 e. The number of hydrogen-bond acceptors (Lipinski definition) is 4. The second-order valence-electron chi connectivity index (χ2n) is 4.35. The highest BCUT2D eigenvalue weighted by Gasteiger charge is 2.30. The monoisotopic (exact) mass is 409 g/mol. The van der Waals surface area contributed by atoms with E-state index in [0.29, 0.717) is 18.0 Å². The lowest BCUT2D eigenvalue weighted by Crippen LogP contribution is -2.42. The van der Waals surface area contributed by atoms with Crippen LogP contribution < -0.4 is 0 Å². The molecule has 7 heteroatoms. The molecule has 1 atom stereocenters. The summed E-state index contributed by atoms with van der Waals surface area (Å²) >= 11 is 8.15. The van der Waals surface area contributed by atoms with Crippen molar-refractivity contribution in [2.45, 2.75) is 12.8 Å². The van der Waals surface area contributed by atoms with E-state index in [2.05, 4.69) is 31.9 Å². The first kappa shape index (κ1) is 15.0. The van der Waals surface area contributed by atoms with Gasteiger partial charge in [-0.1, -0.05) is 0 Å². The lowest BCUT2D eigenvalue weighted by molar-refractivity contribution is -0.146. The number of likely N-dealkylation sites (tertiary alicyclic amines) is 1. The zero-order valence-corrected chi connectivity index (χ0v) is 14.3. The van der Waals surface area contributed by atoms with Crippen molar-refractivity contribution in [1.29, 1.82) is 0 Å². The SMILES string of the molecule is COC(=O)C1CCCN(C(=O)c2cc(Br)c(Br)s2)C1. The minimum Gasteiger partial charge on any atom is -0.469 e. The van der Waals surface area contributed by atoms with Crippen molar-refractivity contribution in [3.05, 3.63) is 19.2 Å². The van der Waals surface area contributed by atoms with E-state index in [4.69, 9.17) is 4.74 Å². The van der Waals surface area contributed by atoms with E-state index < -0.39 is 0 Å². The van der Waals surface area contributed by atoms with Gasteiger partial charge in [0.05, 0.1) is 21.7 Å². The molecule has 1 aromatic rings. The molecule has 1 aliphatic rings. The Balaban J connectivity index is 2.09. The van der Waals surface area contributed by atoms with E-state index in [1.54, 1.807) is 11.0 Å². The Bertz CT molecular complexity index is 484. The number of thiophene rings is 1. The quantitative estimate of drug-likeness (QED) is 0.702. The highest BCUT2D eigenvalue weighted by molar-refractivity contribution is 9.13. The zero-order chi connectivity index (χ0) is 14.0. The predicted molar refractivity (Wildman–Crippen MR) is 80.4 cm³/mol. The molecule has 1 amide bonds. The van der Waals surface area contributed by atoms with Gasteiger partial charge in [0.15, 0.2) is 0 Å². The van der Waals surface area contributed by atoms with Gasteiger partial charge in [0, 0.05) is 17.6 Å². The van der Waals surface area contributed by atoms with Gasteiger partial charge in [-0.2, -0.15) is 0 Å². The number of hydrogen-bond donors (Lipinski definition) is 0. The second kappa shape index (κ2) is 6.37. The average molecular weight is 411 g/mol. The van der Waals surface area contributed by atoms with Crippen LogP contribution in [-0.2, 0) is 9.53 Å². The first-order valence-corrected chi connectivity index (χ1v) is 8.25. The predicted octanol–water partition coefficient (Wildman–Crippen LogP) is 3.30. The zero-order valence-electron chi connectivity index (χ0n) is 10.3. The van der Waals surface area contributed by atoms with Crippen LogP contribution >= 0.6 is 43.2 Å². The fourth-order valence-corrected chi connectivity index (χ4v) is 4.13. The Labute approximate surface area is 132 Å². The normalized spacial score (nSPS) is 19.3. The molecule has 0 radical (unpaired) electrons. The van der Waals surface area contributed by atoms with E-state index in [-0.39, 0.29) is 17.8 Å². The van der Waals surface area contributed by atoms with Crippen LogP contribution in [0.2, 0.25) is 0 Å². The number of nitrogens with zero attached hydrogens (tertiary/aromatic N) is 1. The topological polar surface area (TPSA) is 46.6 Å². The number of ether oxygens (including phenoxy) is 1. The summed E-state index contributed by atoms with van der Waals surface area (Å²) in [6.45, 7) is 1.14. The van der Waals surface area contributed by atoms with Gasteiger partial charge in [0.25, 0.3) is 5.91 Å². The molecule has 19 heavy (non-hydrogen) atoms. The van der Waals surface area contributed by atoms with Gasteiger partial charge < -0.3 is 9.64 Å². The molecule has 1 unspecified atom stereocenters. The van der Waals surface area contributed by atoms with Crippen molar-refractivity contribution < 1.29 is 14.3 Å². The van der Waals surface area contributed by atoms with Crippen molar-refractivity contribution in [3.8, 4) is 0 Å². The summed E-state index contributed by atoms with van der Waals surface area (Å²) in [5.74, 6) is -0.453. The van der Waals surface area contributed by atoms with E-state index >= 15 is 0 Å². The summed E-state index contributed by atoms with van der Waals surface area (Å²) < 4.78 is 6.53. The first-order valence-electron chi connectivity index (χ1n) is 5.85. The number of amides is 1. The molecule has 1 fully saturated rings. The molecule has 0 spiro atoms. The number of methoxy groups -OCH3 is 1. The molecule has 0 aromatic carbocycles. The number of carbonyl (C=O) groups is 2. The van der Waals surface area contributed by atoms with Crippen molar-refractivity contribution in [2.24, 2.45) is 5.92 Å². The Morgan fingerprint density at radius 3 is 2.79 bits per heavy atom. The summed E-state index contributed by atoms with van der Waals surface area (Å²) in [5.41, 5.74) is 0. The number of rotatable bonds is 2. The molecule has 1 saturated heterocycles. The maximum Gasteiger partial charge on any atom is 0.310 e. The number of carbonyl (C=O) groups excluding carboxylic acids is 2. The molecule has 0 N–H and O–H groups in total. The van der Waals surface area contributed by atoms with Gasteiger partial charge in [0.2, 0.25) is 0 Å². The lowest BCUT2D eigenvalue weighted by Gasteiger charge is -2.31. The van der Waals surface area contributed by atoms with Crippen LogP contribution in [0.3, 0.4) is 0 Å². The van der Waals surface area contributed by atoms with E-state index in [1.807, 2.05) is 0 Å². The summed E-state index contributed by atoms with van der Waals surface area (Å²) in [7, 11) is 1.39. The fraction of sp³-hybridized carbons (Fsp3) is 0.500. The van der Waals surface area contributed by atoms with Crippen LogP contribution in [0.1, 0.15) is 22.5 Å². The molecule has 1 aliphatic heterocycles. The Morgan fingerprint density at radius 1 is 1.47 bits per heavy atom. The Morgan fingerprint density at radius 2 is 2.21 bits per heavy atom. The molecule has 1 aromatic heterocycles. The van der Waals surface area contributed by atoms with Crippen LogP contribution in [0.5, 0.6) is 0 Å². The van der Waals surface area contributed by atoms with E-state index in [0.717, 1.165) is 21.1 Å². The highest BCUT2D eigenvalue weighted by atomic mass is 79.9. The van der Waals surface area contributed by atoms with Crippen molar-refractivity contribution in [2.75, 3.05) is 20.2 Å². The number of piperidine rings is 1. The van der Waals surface area contributed by atoms with E-state index in [9.17, 15) is 9.59 Å². The third-order valence-electron chi connectivity index (χ3n) is 3.10. The van der Waals surface area contributed by atoms with E-state index in [1.165, 1.54) is 18.4 Å². The molecule has 0 aliphatic carbocycles. The highest BCUT2D eigenvalue weighted by Crippen LogP contribution is 2.33. The average Bonchev–Trinajstić information content (AvgIpc) is 2.77. The molecular weight excluding hydrogens is 398 g/mol. The standard InChI is InChI=1S/C12H13Br2NO3S/c1-18-12(17)7-3-2-4-15(6-7)11(16)9-5-8(13)10(14)19-9/h5,7H,2-4,6H2,1H3. The van der Waals surface area contributed by atoms with Crippen LogP contribution in [0, 0.1) is 5.92 Å². The number of esters is 1. The minimum atomic E-state index is -0.231. The van der Waals surface area contributed by atoms with Crippen molar-refractivity contribution in [3.63, 3.8) is 0 Å². The number of halogens is 2. The summed E-state index contributed by atoms with van der Waals surface area (Å²) in [4.78, 5) is 26.3. The third kappa shape index (κ3) is 3.38. The van der Waals surface area contributed by atoms with Crippen LogP contribution in [0.4, 0.5) is 0 Å². The van der Waals surface area contributed by atoms with Gasteiger partial charge >= 0.3 is 5.97 Å². The third-order valence-corrected chi connectivity index (χ3v) is 6.34. The maximum absolute atomic E-state index is 12.4. The smallest absolute Gasteiger partial charge is 0.310 e. The molecule has 0 saturated carbocycles. The summed E-state index contributed by atoms with van der Waals surface area (Å²) in [6.07, 6.45) is 1.62. The Hall–Kier alpha value is -0.400. The van der Waals surface area contributed by atoms with Gasteiger partial charge in [-0.15, -0.1) is 11.3 Å². The molecular formula is C12H13Br2NO3S. The van der Waals surface area contributed by atoms with Crippen LogP contribution in [0.25, 0.3) is 0 Å². The molecule has 0 bridgehead atoms. The molecule has 2 rings (SSSR count). The lowest BCUT2D eigenvalue weighted by atomic mass is 9.98. The fourth-order valence-electron chi connectivity index (χ4n) is 2.13. The van der Waals surface area contributed by atoms with Gasteiger partial charge in [-0.3, -0.25) is 9.59 Å². The summed E-state index contributed by atoms with van der Waals surface area (Å²) in [5, 5.41) is 0. The van der Waals surface area contributed by atoms with Gasteiger partial charge in [-0.25, -0.2) is 0 Å². The first-order chi connectivity index (χ1) is 9.02. The second-order valence-corrected chi connectivity index (χ2v) is 7.57. The molecule has 104 valence electrons. The Kier molecular flexibility index (Phi) is 5.03. The van der Waals surface area contributed by atoms with Crippen molar-refractivity contribution >= 4 is 55.1 Å². The van der Waals surface area contributed by atoms with Crippen molar-refractivity contribution in [1.82, 2.24) is 4.90 Å². The van der Waals surface area contributed by atoms with Gasteiger partial charge in [0.1, 0.15) is 0 Å². The van der Waals surface area contributed by atoms with Crippen LogP contribution in [-0.4, -0.2) is 37.0 Å². The maximum atomic E-state index is 12.4. The molecule has 2 heterocycles. The minimum absolute atomic E-state index is 0.0231. The summed E-state index contributed by atoms with van der Waals surface area (Å²) in [6, 6.07) is 1.80. The molecule has 4 nitrogen and oxygen atoms in total. The van der Waals surface area contributed by atoms with Gasteiger partial charge in [-0.05, 0) is 50.8 Å².